The fourth-order valence-electron chi connectivity index (χ4n) is 0. The molecule has 0 aromatic heterocycles. The van der Waals surface area contributed by atoms with Crippen molar-refractivity contribution in [1.29, 1.82) is 0 Å². The monoisotopic (exact) mass is 288 g/mol. The van der Waals surface area contributed by atoms with Crippen LogP contribution in [0.1, 0.15) is 60.8 Å². The third-order valence-corrected chi connectivity index (χ3v) is 1.72. The Hall–Kier alpha value is 0.516. The van der Waals surface area contributed by atoms with Crippen LogP contribution in [-0.4, -0.2) is 38.1 Å². The molecule has 0 aromatic carbocycles. The van der Waals surface area contributed by atoms with Crippen molar-refractivity contribution in [2.75, 3.05) is 0 Å². The summed E-state index contributed by atoms with van der Waals surface area (Å²) in [5, 5.41) is 29.7. The molecule has 3 atom stereocenters. The molecule has 0 rings (SSSR count). The molecular weight excluding hydrogens is 262 g/mol. The minimum absolute atomic E-state index is 0. The van der Waals surface area contributed by atoms with Gasteiger partial charge < -0.3 is 15.3 Å². The zero-order valence-electron chi connectivity index (χ0n) is 11.7. The second-order valence-electron chi connectivity index (χ2n) is 3.66. The molecule has 0 aromatic rings. The van der Waals surface area contributed by atoms with Gasteiger partial charge in [-0.15, -0.1) is 18.3 Å². The summed E-state index contributed by atoms with van der Waals surface area (Å²) in [6.07, 6.45) is 1.15. The molecule has 0 bridgehead atoms. The van der Waals surface area contributed by atoms with Crippen LogP contribution in [0.15, 0.2) is 0 Å². The van der Waals surface area contributed by atoms with Crippen LogP contribution in [0.2, 0.25) is 0 Å². The van der Waals surface area contributed by atoms with Gasteiger partial charge in [-0.25, -0.2) is 0 Å². The number of rotatable bonds is 3. The summed E-state index contributed by atoms with van der Waals surface area (Å²) in [4.78, 5) is 0. The summed E-state index contributed by atoms with van der Waals surface area (Å²) >= 11 is 0. The molecule has 4 heteroatoms. The van der Waals surface area contributed by atoms with Crippen molar-refractivity contribution in [3.05, 3.63) is 0 Å². The summed E-state index contributed by atoms with van der Waals surface area (Å²) in [7, 11) is 0. The van der Waals surface area contributed by atoms with E-state index in [4.69, 9.17) is 0 Å². The molecule has 0 aliphatic heterocycles. The molecule has 3 nitrogen and oxygen atoms in total. The first-order valence-corrected chi connectivity index (χ1v) is 5.79. The smallest absolute Gasteiger partial charge is 0.852 e. The Morgan fingerprint density at radius 3 is 0.688 bits per heavy atom. The van der Waals surface area contributed by atoms with Crippen LogP contribution in [-0.2, 0) is 0 Å². The van der Waals surface area contributed by atoms with Gasteiger partial charge in [0.1, 0.15) is 0 Å². The third kappa shape index (κ3) is 62.5. The molecule has 0 radical (unpaired) electrons. The first-order valence-electron chi connectivity index (χ1n) is 5.79. The molecule has 0 spiro atoms. The van der Waals surface area contributed by atoms with Gasteiger partial charge in [-0.05, 0) is 0 Å². The fourth-order valence-corrected chi connectivity index (χ4v) is 0. The third-order valence-electron chi connectivity index (χ3n) is 1.72. The van der Waals surface area contributed by atoms with E-state index in [9.17, 15) is 15.3 Å². The molecule has 0 fully saturated rings. The molecule has 0 aliphatic rings. The first-order chi connectivity index (χ1) is 6.81. The van der Waals surface area contributed by atoms with Gasteiger partial charge in [-0.1, -0.05) is 60.8 Å². The van der Waals surface area contributed by atoms with E-state index >= 15 is 0 Å². The minimum atomic E-state index is -0.366. The summed E-state index contributed by atoms with van der Waals surface area (Å²) in [6.45, 7) is 10.7. The van der Waals surface area contributed by atoms with E-state index in [0.717, 1.165) is 19.3 Å². The predicted octanol–water partition coefficient (Wildman–Crippen LogP) is 0.0548. The van der Waals surface area contributed by atoms with Crippen molar-refractivity contribution in [2.45, 2.75) is 79.1 Å². The van der Waals surface area contributed by atoms with Crippen LogP contribution in [0.25, 0.3) is 0 Å². The zero-order chi connectivity index (χ0) is 12.9. The molecule has 0 heterocycles. The molecule has 96 valence electrons. The van der Waals surface area contributed by atoms with Gasteiger partial charge in [0.2, 0.25) is 0 Å². The van der Waals surface area contributed by atoms with E-state index in [1.54, 1.807) is 20.8 Å². The Morgan fingerprint density at radius 1 is 0.625 bits per heavy atom. The van der Waals surface area contributed by atoms with E-state index in [1.807, 2.05) is 20.8 Å². The summed E-state index contributed by atoms with van der Waals surface area (Å²) in [5.74, 6) is 0. The maximum atomic E-state index is 9.90. The van der Waals surface area contributed by atoms with E-state index in [-0.39, 0.29) is 38.1 Å². The van der Waals surface area contributed by atoms with E-state index in [1.165, 1.54) is 0 Å². The van der Waals surface area contributed by atoms with Crippen molar-refractivity contribution < 1.29 is 15.3 Å². The standard InChI is InChI=1S/3C4H9O.Ga/c3*1-3-4(2)5;/h3*4H,3H2,1-2H3;/q3*-1;+3. The Labute approximate surface area is 114 Å². The van der Waals surface area contributed by atoms with Crippen molar-refractivity contribution in [2.24, 2.45) is 0 Å². The van der Waals surface area contributed by atoms with Gasteiger partial charge in [-0.3, -0.25) is 0 Å². The fraction of sp³-hybridized carbons (Fsp3) is 1.00. The Bertz CT molecular complexity index is 77.2. The van der Waals surface area contributed by atoms with Gasteiger partial charge in [0.25, 0.3) is 0 Å². The maximum absolute atomic E-state index is 9.90. The molecule has 0 aliphatic carbocycles. The van der Waals surface area contributed by atoms with Gasteiger partial charge in [-0.2, -0.15) is 0 Å². The predicted molar refractivity (Wildman–Crippen MR) is 65.0 cm³/mol. The van der Waals surface area contributed by atoms with Gasteiger partial charge in [0.05, 0.1) is 0 Å². The van der Waals surface area contributed by atoms with Crippen LogP contribution in [0.4, 0.5) is 0 Å². The molecule has 16 heavy (non-hydrogen) atoms. The van der Waals surface area contributed by atoms with Gasteiger partial charge in [0.15, 0.2) is 0 Å². The largest absolute Gasteiger partial charge is 3.00 e. The van der Waals surface area contributed by atoms with Crippen molar-refractivity contribution in [3.8, 4) is 0 Å². The molecular formula is C12H27GaO3. The second-order valence-corrected chi connectivity index (χ2v) is 3.66. The van der Waals surface area contributed by atoms with Crippen LogP contribution in [0.5, 0.6) is 0 Å². The molecule has 3 unspecified atom stereocenters. The van der Waals surface area contributed by atoms with Crippen molar-refractivity contribution in [3.63, 3.8) is 0 Å². The first kappa shape index (κ1) is 25.4. The zero-order valence-corrected chi connectivity index (χ0v) is 14.1. The average molecular weight is 289 g/mol. The summed E-state index contributed by atoms with van der Waals surface area (Å²) in [6, 6.07) is 0. The Morgan fingerprint density at radius 2 is 0.688 bits per heavy atom. The van der Waals surface area contributed by atoms with Crippen LogP contribution in [0.3, 0.4) is 0 Å². The summed E-state index contributed by atoms with van der Waals surface area (Å²) < 4.78 is 0. The topological polar surface area (TPSA) is 69.2 Å². The number of hydrogen-bond acceptors (Lipinski definition) is 3. The van der Waals surface area contributed by atoms with Crippen LogP contribution < -0.4 is 15.3 Å². The maximum Gasteiger partial charge on any atom is 3.00 e. The van der Waals surface area contributed by atoms with Crippen LogP contribution in [0, 0.1) is 0 Å². The molecule has 0 amide bonds. The van der Waals surface area contributed by atoms with E-state index in [0.29, 0.717) is 0 Å². The molecule has 0 N–H and O–H groups in total. The number of hydrogen-bond donors (Lipinski definition) is 0. The second kappa shape index (κ2) is 20.9. The van der Waals surface area contributed by atoms with Gasteiger partial charge in [0, 0.05) is 0 Å². The Balaban J connectivity index is -0.0000000655. The SMILES string of the molecule is CCC(C)[O-].CCC(C)[O-].CCC(C)[O-].[Ga+3]. The van der Waals surface area contributed by atoms with E-state index < -0.39 is 0 Å². The quantitative estimate of drug-likeness (QED) is 0.690. The van der Waals surface area contributed by atoms with Gasteiger partial charge >= 0.3 is 19.8 Å². The average Bonchev–Trinajstić information content (AvgIpc) is 2.19. The Kier molecular flexibility index (Phi) is 33.1. The van der Waals surface area contributed by atoms with Crippen molar-refractivity contribution >= 4 is 19.8 Å². The van der Waals surface area contributed by atoms with Crippen molar-refractivity contribution in [1.82, 2.24) is 0 Å². The summed E-state index contributed by atoms with van der Waals surface area (Å²) in [5.41, 5.74) is 0. The minimum Gasteiger partial charge on any atom is -0.852 e. The van der Waals surface area contributed by atoms with E-state index in [2.05, 4.69) is 0 Å². The molecule has 0 saturated heterocycles. The normalized spacial score (nSPS) is 14.1. The molecule has 0 saturated carbocycles. The van der Waals surface area contributed by atoms with Crippen LogP contribution >= 0.6 is 0 Å².